The zero-order valence-corrected chi connectivity index (χ0v) is 20.0. The molecule has 10 heteroatoms. The van der Waals surface area contributed by atoms with Gasteiger partial charge in [-0.15, -0.1) is 0 Å². The Morgan fingerprint density at radius 2 is 1.69 bits per heavy atom. The Morgan fingerprint density at radius 3 is 2.46 bits per heavy atom. The largest absolute Gasteiger partial charge is 0.497 e. The molecule has 1 amide bonds. The molecule has 0 saturated heterocycles. The van der Waals surface area contributed by atoms with Crippen molar-refractivity contribution in [2.45, 2.75) is 11.3 Å². The fraction of sp³-hybridized carbons (Fsp3) is 0.240. The van der Waals surface area contributed by atoms with Crippen LogP contribution in [0.3, 0.4) is 0 Å². The summed E-state index contributed by atoms with van der Waals surface area (Å²) in [7, 11) is -2.27. The highest BCUT2D eigenvalue weighted by molar-refractivity contribution is 7.92. The number of fused-ring (bicyclic) bond motifs is 1. The molecular formula is C25H26N2O7S. The van der Waals surface area contributed by atoms with Crippen molar-refractivity contribution < 1.29 is 32.2 Å². The highest BCUT2D eigenvalue weighted by atomic mass is 32.2. The van der Waals surface area contributed by atoms with E-state index in [1.165, 1.54) is 24.3 Å². The third-order valence-corrected chi connectivity index (χ3v) is 6.51. The Bertz CT molecular complexity index is 1280. The van der Waals surface area contributed by atoms with Gasteiger partial charge in [-0.3, -0.25) is 9.52 Å². The van der Waals surface area contributed by atoms with Crippen molar-refractivity contribution in [3.8, 4) is 23.0 Å². The minimum atomic E-state index is -3.85. The number of carbonyl (C=O) groups excluding carboxylic acids is 1. The number of benzene rings is 3. The first-order valence-electron chi connectivity index (χ1n) is 11.0. The van der Waals surface area contributed by atoms with Crippen LogP contribution < -0.4 is 29.0 Å². The van der Waals surface area contributed by atoms with E-state index in [4.69, 9.17) is 18.9 Å². The number of anilines is 1. The van der Waals surface area contributed by atoms with Crippen LogP contribution in [-0.2, 0) is 10.0 Å². The van der Waals surface area contributed by atoms with Crippen molar-refractivity contribution in [2.75, 3.05) is 38.2 Å². The van der Waals surface area contributed by atoms with Crippen molar-refractivity contribution in [3.05, 3.63) is 72.3 Å². The lowest BCUT2D eigenvalue weighted by Crippen LogP contribution is -2.28. The summed E-state index contributed by atoms with van der Waals surface area (Å²) in [6.45, 7) is 1.56. The van der Waals surface area contributed by atoms with Gasteiger partial charge in [0, 0.05) is 29.8 Å². The fourth-order valence-corrected chi connectivity index (χ4v) is 4.41. The Kier molecular flexibility index (Phi) is 7.61. The molecule has 0 aliphatic carbocycles. The van der Waals surface area contributed by atoms with Crippen LogP contribution in [0.25, 0.3) is 0 Å². The van der Waals surface area contributed by atoms with Crippen molar-refractivity contribution >= 4 is 21.6 Å². The van der Waals surface area contributed by atoms with E-state index in [0.717, 1.165) is 6.42 Å². The predicted octanol–water partition coefficient (Wildman–Crippen LogP) is 3.47. The normalized spacial score (nSPS) is 12.8. The average Bonchev–Trinajstić information content (AvgIpc) is 3.12. The molecule has 0 aromatic heterocycles. The number of rotatable bonds is 9. The Balaban J connectivity index is 1.31. The number of carbonyl (C=O) groups is 1. The van der Waals surface area contributed by atoms with Crippen LogP contribution in [0, 0.1) is 0 Å². The molecule has 0 atom stereocenters. The SMILES string of the molecule is COc1cccc(OCCNC(=O)c2ccc(NS(=O)(=O)c3ccc4c(c3)OCCCO4)cc2)c1. The molecule has 184 valence electrons. The van der Waals surface area contributed by atoms with Crippen LogP contribution in [-0.4, -0.2) is 47.8 Å². The van der Waals surface area contributed by atoms with Gasteiger partial charge < -0.3 is 24.3 Å². The van der Waals surface area contributed by atoms with Gasteiger partial charge in [0.2, 0.25) is 0 Å². The molecule has 0 saturated carbocycles. The lowest BCUT2D eigenvalue weighted by atomic mass is 10.2. The van der Waals surface area contributed by atoms with E-state index < -0.39 is 10.0 Å². The molecule has 1 aliphatic rings. The molecule has 4 rings (SSSR count). The van der Waals surface area contributed by atoms with E-state index in [1.54, 1.807) is 37.4 Å². The zero-order valence-electron chi connectivity index (χ0n) is 19.2. The third kappa shape index (κ3) is 6.36. The molecule has 1 heterocycles. The lowest BCUT2D eigenvalue weighted by molar-refractivity contribution is 0.0947. The van der Waals surface area contributed by atoms with Crippen LogP contribution in [0.15, 0.2) is 71.6 Å². The number of methoxy groups -OCH3 is 1. The first-order valence-corrected chi connectivity index (χ1v) is 12.5. The van der Waals surface area contributed by atoms with Crippen LogP contribution in [0.5, 0.6) is 23.0 Å². The number of hydrogen-bond acceptors (Lipinski definition) is 7. The van der Waals surface area contributed by atoms with Crippen LogP contribution in [0.2, 0.25) is 0 Å². The number of ether oxygens (including phenoxy) is 4. The number of amides is 1. The number of hydrogen-bond donors (Lipinski definition) is 2. The second-order valence-electron chi connectivity index (χ2n) is 7.63. The molecular weight excluding hydrogens is 472 g/mol. The topological polar surface area (TPSA) is 112 Å². The maximum atomic E-state index is 12.8. The fourth-order valence-electron chi connectivity index (χ4n) is 3.34. The van der Waals surface area contributed by atoms with Crippen molar-refractivity contribution in [3.63, 3.8) is 0 Å². The van der Waals surface area contributed by atoms with Gasteiger partial charge in [0.05, 0.1) is 31.8 Å². The van der Waals surface area contributed by atoms with Gasteiger partial charge in [0.25, 0.3) is 15.9 Å². The monoisotopic (exact) mass is 498 g/mol. The molecule has 2 N–H and O–H groups in total. The van der Waals surface area contributed by atoms with Crippen LogP contribution in [0.1, 0.15) is 16.8 Å². The summed E-state index contributed by atoms with van der Waals surface area (Å²) in [5.74, 6) is 1.95. The minimum Gasteiger partial charge on any atom is -0.497 e. The second kappa shape index (κ2) is 11.0. The van der Waals surface area contributed by atoms with Crippen LogP contribution in [0.4, 0.5) is 5.69 Å². The summed E-state index contributed by atoms with van der Waals surface area (Å²) in [6.07, 6.45) is 0.726. The Morgan fingerprint density at radius 1 is 0.943 bits per heavy atom. The molecule has 0 bridgehead atoms. The summed E-state index contributed by atoms with van der Waals surface area (Å²) in [4.78, 5) is 12.4. The second-order valence-corrected chi connectivity index (χ2v) is 9.31. The van der Waals surface area contributed by atoms with E-state index in [1.807, 2.05) is 12.1 Å². The van der Waals surface area contributed by atoms with Gasteiger partial charge in [0.1, 0.15) is 18.1 Å². The van der Waals surface area contributed by atoms with E-state index in [0.29, 0.717) is 54.0 Å². The van der Waals surface area contributed by atoms with Gasteiger partial charge in [-0.05, 0) is 48.5 Å². The highest BCUT2D eigenvalue weighted by Crippen LogP contribution is 2.32. The van der Waals surface area contributed by atoms with Gasteiger partial charge in [-0.1, -0.05) is 6.07 Å². The Hall–Kier alpha value is -3.92. The summed E-state index contributed by atoms with van der Waals surface area (Å²) in [6, 6.07) is 17.8. The molecule has 0 fully saturated rings. The highest BCUT2D eigenvalue weighted by Gasteiger charge is 2.19. The number of nitrogens with one attached hydrogen (secondary N) is 2. The van der Waals surface area contributed by atoms with Gasteiger partial charge in [-0.25, -0.2) is 8.42 Å². The minimum absolute atomic E-state index is 0.0552. The van der Waals surface area contributed by atoms with E-state index in [2.05, 4.69) is 10.0 Å². The zero-order chi connectivity index (χ0) is 24.7. The summed E-state index contributed by atoms with van der Waals surface area (Å²) < 4.78 is 50.0. The molecule has 3 aromatic carbocycles. The van der Waals surface area contributed by atoms with E-state index in [-0.39, 0.29) is 17.4 Å². The molecule has 1 aliphatic heterocycles. The molecule has 0 radical (unpaired) electrons. The molecule has 0 unspecified atom stereocenters. The third-order valence-electron chi connectivity index (χ3n) is 5.13. The summed E-state index contributed by atoms with van der Waals surface area (Å²) in [5, 5.41) is 2.77. The van der Waals surface area contributed by atoms with Crippen LogP contribution >= 0.6 is 0 Å². The molecule has 0 spiro atoms. The molecule has 3 aromatic rings. The Labute approximate surface area is 204 Å². The van der Waals surface area contributed by atoms with Crippen molar-refractivity contribution in [1.29, 1.82) is 0 Å². The van der Waals surface area contributed by atoms with Gasteiger partial charge in [-0.2, -0.15) is 0 Å². The van der Waals surface area contributed by atoms with Crippen molar-refractivity contribution in [1.82, 2.24) is 5.32 Å². The molecule has 9 nitrogen and oxygen atoms in total. The van der Waals surface area contributed by atoms with Crippen molar-refractivity contribution in [2.24, 2.45) is 0 Å². The maximum absolute atomic E-state index is 12.8. The van der Waals surface area contributed by atoms with E-state index in [9.17, 15) is 13.2 Å². The molecule has 35 heavy (non-hydrogen) atoms. The summed E-state index contributed by atoms with van der Waals surface area (Å²) in [5.41, 5.74) is 0.722. The van der Waals surface area contributed by atoms with Gasteiger partial charge >= 0.3 is 0 Å². The van der Waals surface area contributed by atoms with E-state index >= 15 is 0 Å². The first-order chi connectivity index (χ1) is 16.9. The smallest absolute Gasteiger partial charge is 0.262 e. The van der Waals surface area contributed by atoms with Gasteiger partial charge in [0.15, 0.2) is 11.5 Å². The summed E-state index contributed by atoms with van der Waals surface area (Å²) >= 11 is 0. The average molecular weight is 499 g/mol. The standard InChI is InChI=1S/C25H26N2O7S/c1-31-20-4-2-5-21(16-20)32-15-12-26-25(28)18-6-8-19(9-7-18)27-35(29,30)22-10-11-23-24(17-22)34-14-3-13-33-23/h2,4-11,16-17,27H,3,12-15H2,1H3,(H,26,28). The maximum Gasteiger partial charge on any atom is 0.262 e. The first kappa shape index (κ1) is 24.2. The number of sulfonamides is 1. The lowest BCUT2D eigenvalue weighted by Gasteiger charge is -2.12. The predicted molar refractivity (Wildman–Crippen MR) is 130 cm³/mol. The quantitative estimate of drug-likeness (QED) is 0.435.